The number of rotatable bonds is 5. The minimum Gasteiger partial charge on any atom is -0.326 e. The fraction of sp³-hybridized carbons (Fsp3) is 0.625. The lowest BCUT2D eigenvalue weighted by atomic mass is 9.93. The van der Waals surface area contributed by atoms with E-state index in [0.29, 0.717) is 12.6 Å². The van der Waals surface area contributed by atoms with Gasteiger partial charge in [0.2, 0.25) is 0 Å². The molecule has 2 nitrogen and oxygen atoms in total. The van der Waals surface area contributed by atoms with E-state index in [-0.39, 0.29) is 5.82 Å². The van der Waals surface area contributed by atoms with Crippen molar-refractivity contribution in [2.24, 2.45) is 5.73 Å². The van der Waals surface area contributed by atoms with Gasteiger partial charge >= 0.3 is 0 Å². The Hall–Kier alpha value is -0.930. The second-order valence-electron chi connectivity index (χ2n) is 5.47. The first kappa shape index (κ1) is 14.5. The van der Waals surface area contributed by atoms with Crippen LogP contribution in [0.2, 0.25) is 0 Å². The predicted molar refractivity (Wildman–Crippen MR) is 77.2 cm³/mol. The van der Waals surface area contributed by atoms with Gasteiger partial charge in [-0.25, -0.2) is 4.39 Å². The van der Waals surface area contributed by atoms with Crippen LogP contribution in [0, 0.1) is 5.82 Å². The maximum absolute atomic E-state index is 13.2. The molecule has 0 bridgehead atoms. The Morgan fingerprint density at radius 2 is 1.95 bits per heavy atom. The summed E-state index contributed by atoms with van der Waals surface area (Å²) >= 11 is 0. The molecule has 1 aliphatic rings. The first-order valence-corrected chi connectivity index (χ1v) is 7.46. The van der Waals surface area contributed by atoms with Crippen LogP contribution >= 0.6 is 0 Å². The molecule has 0 aromatic heterocycles. The van der Waals surface area contributed by atoms with Crippen LogP contribution in [0.15, 0.2) is 18.2 Å². The van der Waals surface area contributed by atoms with Gasteiger partial charge in [0.05, 0.1) is 0 Å². The van der Waals surface area contributed by atoms with Crippen molar-refractivity contribution in [1.29, 1.82) is 0 Å². The topological polar surface area (TPSA) is 29.3 Å². The van der Waals surface area contributed by atoms with Crippen LogP contribution in [-0.4, -0.2) is 17.5 Å². The Labute approximate surface area is 115 Å². The molecule has 0 atom stereocenters. The summed E-state index contributed by atoms with van der Waals surface area (Å²) in [5.41, 5.74) is 7.85. The first-order chi connectivity index (χ1) is 9.24. The fourth-order valence-electron chi connectivity index (χ4n) is 3.10. The van der Waals surface area contributed by atoms with Crippen molar-refractivity contribution >= 4 is 0 Å². The van der Waals surface area contributed by atoms with E-state index < -0.39 is 0 Å². The Balaban J connectivity index is 2.08. The molecule has 1 aromatic carbocycles. The first-order valence-electron chi connectivity index (χ1n) is 7.46. The Morgan fingerprint density at radius 1 is 1.21 bits per heavy atom. The Bertz CT molecular complexity index is 400. The van der Waals surface area contributed by atoms with Gasteiger partial charge < -0.3 is 5.73 Å². The number of hydrogen-bond acceptors (Lipinski definition) is 2. The number of hydrogen-bond donors (Lipinski definition) is 1. The van der Waals surface area contributed by atoms with Gasteiger partial charge in [-0.15, -0.1) is 0 Å². The van der Waals surface area contributed by atoms with E-state index in [1.807, 2.05) is 6.07 Å². The third-order valence-corrected chi connectivity index (χ3v) is 4.26. The van der Waals surface area contributed by atoms with Crippen molar-refractivity contribution in [2.45, 2.75) is 58.2 Å². The summed E-state index contributed by atoms with van der Waals surface area (Å²) in [7, 11) is 0. The van der Waals surface area contributed by atoms with Crippen LogP contribution in [0.4, 0.5) is 4.39 Å². The van der Waals surface area contributed by atoms with E-state index >= 15 is 0 Å². The van der Waals surface area contributed by atoms with E-state index in [0.717, 1.165) is 18.7 Å². The lowest BCUT2D eigenvalue weighted by Crippen LogP contribution is -2.36. The second-order valence-corrected chi connectivity index (χ2v) is 5.47. The molecule has 106 valence electrons. The molecule has 0 saturated heterocycles. The average Bonchev–Trinajstić information content (AvgIpc) is 2.46. The molecule has 0 heterocycles. The standard InChI is InChI=1S/C16H25FN2/c1-2-19(16-6-4-3-5-7-16)12-13-8-9-15(17)10-14(13)11-18/h8-10,16H,2-7,11-12,18H2,1H3. The number of halogens is 1. The highest BCUT2D eigenvalue weighted by Gasteiger charge is 2.20. The number of benzene rings is 1. The summed E-state index contributed by atoms with van der Waals surface area (Å²) in [5.74, 6) is -0.190. The number of nitrogens with zero attached hydrogens (tertiary/aromatic N) is 1. The summed E-state index contributed by atoms with van der Waals surface area (Å²) in [6.45, 7) is 4.57. The highest BCUT2D eigenvalue weighted by atomic mass is 19.1. The fourth-order valence-corrected chi connectivity index (χ4v) is 3.10. The van der Waals surface area contributed by atoms with Gasteiger partial charge in [-0.3, -0.25) is 4.90 Å². The van der Waals surface area contributed by atoms with Crippen molar-refractivity contribution < 1.29 is 4.39 Å². The zero-order chi connectivity index (χ0) is 13.7. The lowest BCUT2D eigenvalue weighted by Gasteiger charge is -2.34. The summed E-state index contributed by atoms with van der Waals surface area (Å²) in [6, 6.07) is 5.70. The van der Waals surface area contributed by atoms with Gasteiger partial charge in [-0.1, -0.05) is 32.3 Å². The highest BCUT2D eigenvalue weighted by molar-refractivity contribution is 5.27. The smallest absolute Gasteiger partial charge is 0.123 e. The van der Waals surface area contributed by atoms with Gasteiger partial charge in [0, 0.05) is 19.1 Å². The molecule has 1 aromatic rings. The molecule has 1 saturated carbocycles. The summed E-state index contributed by atoms with van der Waals surface area (Å²) in [4.78, 5) is 2.52. The molecular formula is C16H25FN2. The molecule has 0 spiro atoms. The van der Waals surface area contributed by atoms with Gasteiger partial charge in [0.25, 0.3) is 0 Å². The Kier molecular flexibility index (Phi) is 5.34. The SMILES string of the molecule is CCN(Cc1ccc(F)cc1CN)C1CCCCC1. The molecule has 1 fully saturated rings. The van der Waals surface area contributed by atoms with Crippen molar-refractivity contribution in [3.63, 3.8) is 0 Å². The van der Waals surface area contributed by atoms with Crippen LogP contribution in [0.1, 0.15) is 50.2 Å². The van der Waals surface area contributed by atoms with Crippen LogP contribution < -0.4 is 5.73 Å². The minimum absolute atomic E-state index is 0.190. The van der Waals surface area contributed by atoms with Crippen molar-refractivity contribution in [3.8, 4) is 0 Å². The van der Waals surface area contributed by atoms with Crippen molar-refractivity contribution in [3.05, 3.63) is 35.1 Å². The minimum atomic E-state index is -0.190. The van der Waals surface area contributed by atoms with Gasteiger partial charge in [-0.05, 0) is 42.6 Å². The zero-order valence-electron chi connectivity index (χ0n) is 11.9. The van der Waals surface area contributed by atoms with E-state index in [1.165, 1.54) is 37.7 Å². The second kappa shape index (κ2) is 7.01. The maximum Gasteiger partial charge on any atom is 0.123 e. The molecule has 0 amide bonds. The molecule has 0 aliphatic heterocycles. The average molecular weight is 264 g/mol. The van der Waals surface area contributed by atoms with Crippen LogP contribution in [0.25, 0.3) is 0 Å². The zero-order valence-corrected chi connectivity index (χ0v) is 11.9. The van der Waals surface area contributed by atoms with Crippen LogP contribution in [0.5, 0.6) is 0 Å². The van der Waals surface area contributed by atoms with Gasteiger partial charge in [0.15, 0.2) is 0 Å². The van der Waals surface area contributed by atoms with E-state index in [2.05, 4.69) is 11.8 Å². The molecule has 1 aliphatic carbocycles. The normalized spacial score (nSPS) is 17.1. The Morgan fingerprint density at radius 3 is 2.58 bits per heavy atom. The van der Waals surface area contributed by atoms with Crippen molar-refractivity contribution in [1.82, 2.24) is 4.90 Å². The van der Waals surface area contributed by atoms with Crippen molar-refractivity contribution in [2.75, 3.05) is 6.54 Å². The van der Waals surface area contributed by atoms with E-state index in [9.17, 15) is 4.39 Å². The number of nitrogens with two attached hydrogens (primary N) is 1. The lowest BCUT2D eigenvalue weighted by molar-refractivity contribution is 0.155. The molecule has 0 radical (unpaired) electrons. The van der Waals surface area contributed by atoms with Gasteiger partial charge in [0.1, 0.15) is 5.82 Å². The van der Waals surface area contributed by atoms with Crippen LogP contribution in [-0.2, 0) is 13.1 Å². The van der Waals surface area contributed by atoms with E-state index in [1.54, 1.807) is 12.1 Å². The largest absolute Gasteiger partial charge is 0.326 e. The molecule has 2 N–H and O–H groups in total. The third-order valence-electron chi connectivity index (χ3n) is 4.26. The predicted octanol–water partition coefficient (Wildman–Crippen LogP) is 3.44. The summed E-state index contributed by atoms with van der Waals surface area (Å²) < 4.78 is 13.2. The van der Waals surface area contributed by atoms with Crippen LogP contribution in [0.3, 0.4) is 0 Å². The third kappa shape index (κ3) is 3.77. The quantitative estimate of drug-likeness (QED) is 0.882. The highest BCUT2D eigenvalue weighted by Crippen LogP contribution is 2.24. The molecule has 3 heteroatoms. The molecule has 2 rings (SSSR count). The maximum atomic E-state index is 13.2. The molecule has 19 heavy (non-hydrogen) atoms. The van der Waals surface area contributed by atoms with E-state index in [4.69, 9.17) is 5.73 Å². The summed E-state index contributed by atoms with van der Waals surface area (Å²) in [6.07, 6.45) is 6.65. The monoisotopic (exact) mass is 264 g/mol. The molecule has 0 unspecified atom stereocenters. The summed E-state index contributed by atoms with van der Waals surface area (Å²) in [5, 5.41) is 0. The van der Waals surface area contributed by atoms with Gasteiger partial charge in [-0.2, -0.15) is 0 Å². The molecular weight excluding hydrogens is 239 g/mol.